The molecule has 3 rings (SSSR count). The maximum absolute atomic E-state index is 6.05. The zero-order valence-electron chi connectivity index (χ0n) is 17.2. The Kier molecular flexibility index (Phi) is 8.38. The third-order valence-electron chi connectivity index (χ3n) is 4.13. The minimum absolute atomic E-state index is 0.0572. The van der Waals surface area contributed by atoms with Crippen LogP contribution in [0.25, 0.3) is 0 Å². The molecule has 3 aromatic rings. The van der Waals surface area contributed by atoms with Gasteiger partial charge in [0.25, 0.3) is 0 Å². The molecule has 6 nitrogen and oxygen atoms in total. The summed E-state index contributed by atoms with van der Waals surface area (Å²) in [7, 11) is 3.13. The van der Waals surface area contributed by atoms with Crippen LogP contribution in [0, 0.1) is 0 Å². The van der Waals surface area contributed by atoms with E-state index >= 15 is 0 Å². The molecular weight excluding hydrogens is 384 g/mol. The van der Waals surface area contributed by atoms with Gasteiger partial charge in [-0.05, 0) is 11.1 Å². The van der Waals surface area contributed by atoms with E-state index in [0.29, 0.717) is 36.2 Å². The van der Waals surface area contributed by atoms with Crippen molar-refractivity contribution in [3.05, 3.63) is 83.9 Å². The Balaban J connectivity index is 1.87. The molecule has 0 saturated carbocycles. The lowest BCUT2D eigenvalue weighted by Gasteiger charge is -2.18. The molecule has 158 valence electrons. The summed E-state index contributed by atoms with van der Waals surface area (Å²) >= 11 is 0. The summed E-state index contributed by atoms with van der Waals surface area (Å²) in [6.45, 7) is 0.905. The Morgan fingerprint density at radius 3 is 1.50 bits per heavy atom. The van der Waals surface area contributed by atoms with Gasteiger partial charge in [-0.15, -0.1) is 0 Å². The van der Waals surface area contributed by atoms with Crippen molar-refractivity contribution >= 4 is 0 Å². The van der Waals surface area contributed by atoms with Crippen molar-refractivity contribution in [2.24, 2.45) is 0 Å². The lowest BCUT2D eigenvalue weighted by Crippen LogP contribution is -2.07. The standard InChI is InChI=1S/C24H26O6/c1-25-17-29-21-13-22(27-15-19-9-5-3-6-10-19)24(30-18-26-2)23(14-21)28-16-20-11-7-4-8-12-20/h3-14H,15-18H2,1-2H3. The molecule has 0 radical (unpaired) electrons. The van der Waals surface area contributed by atoms with E-state index in [1.54, 1.807) is 26.4 Å². The first kappa shape index (κ1) is 21.5. The molecule has 0 atom stereocenters. The van der Waals surface area contributed by atoms with Crippen LogP contribution in [0.3, 0.4) is 0 Å². The summed E-state index contributed by atoms with van der Waals surface area (Å²) in [5.74, 6) is 1.99. The van der Waals surface area contributed by atoms with Gasteiger partial charge in [-0.1, -0.05) is 60.7 Å². The number of benzene rings is 3. The Morgan fingerprint density at radius 1 is 0.567 bits per heavy atom. The number of rotatable bonds is 12. The SMILES string of the molecule is COCOc1cc(OCc2ccccc2)c(OCOC)c(OCc2ccccc2)c1. The molecule has 0 heterocycles. The van der Waals surface area contributed by atoms with E-state index in [2.05, 4.69) is 0 Å². The second kappa shape index (κ2) is 11.7. The number of hydrogen-bond donors (Lipinski definition) is 0. The van der Waals surface area contributed by atoms with Crippen LogP contribution in [0.5, 0.6) is 23.0 Å². The highest BCUT2D eigenvalue weighted by Gasteiger charge is 2.17. The van der Waals surface area contributed by atoms with Gasteiger partial charge in [-0.3, -0.25) is 0 Å². The largest absolute Gasteiger partial charge is 0.485 e. The second-order valence-corrected chi connectivity index (χ2v) is 6.40. The van der Waals surface area contributed by atoms with Gasteiger partial charge in [0.2, 0.25) is 5.75 Å². The molecular formula is C24H26O6. The van der Waals surface area contributed by atoms with Crippen LogP contribution in [0.1, 0.15) is 11.1 Å². The predicted octanol–water partition coefficient (Wildman–Crippen LogP) is 4.81. The Morgan fingerprint density at radius 2 is 1.03 bits per heavy atom. The monoisotopic (exact) mass is 410 g/mol. The van der Waals surface area contributed by atoms with E-state index in [1.165, 1.54) is 0 Å². The molecule has 0 fully saturated rings. The smallest absolute Gasteiger partial charge is 0.206 e. The minimum Gasteiger partial charge on any atom is -0.485 e. The van der Waals surface area contributed by atoms with E-state index in [9.17, 15) is 0 Å². The van der Waals surface area contributed by atoms with Crippen molar-refractivity contribution in [3.63, 3.8) is 0 Å². The first-order valence-electron chi connectivity index (χ1n) is 9.55. The summed E-state index contributed by atoms with van der Waals surface area (Å²) in [6.07, 6.45) is 0. The Hall–Kier alpha value is -3.22. The zero-order chi connectivity index (χ0) is 21.0. The lowest BCUT2D eigenvalue weighted by atomic mass is 10.2. The van der Waals surface area contributed by atoms with Crippen LogP contribution in [0.15, 0.2) is 72.8 Å². The summed E-state index contributed by atoms with van der Waals surface area (Å²) in [5.41, 5.74) is 2.07. The first-order chi connectivity index (χ1) is 14.8. The second-order valence-electron chi connectivity index (χ2n) is 6.40. The Bertz CT molecular complexity index is 818. The highest BCUT2D eigenvalue weighted by molar-refractivity contribution is 5.56. The zero-order valence-corrected chi connectivity index (χ0v) is 17.2. The van der Waals surface area contributed by atoms with E-state index < -0.39 is 0 Å². The van der Waals surface area contributed by atoms with Crippen molar-refractivity contribution in [3.8, 4) is 23.0 Å². The molecule has 0 saturated heterocycles. The molecule has 0 bridgehead atoms. The van der Waals surface area contributed by atoms with Crippen molar-refractivity contribution in [2.75, 3.05) is 27.8 Å². The lowest BCUT2D eigenvalue weighted by molar-refractivity contribution is 0.0432. The van der Waals surface area contributed by atoms with E-state index in [0.717, 1.165) is 11.1 Å². The third kappa shape index (κ3) is 6.40. The van der Waals surface area contributed by atoms with Crippen LogP contribution in [0.4, 0.5) is 0 Å². The molecule has 3 aromatic carbocycles. The molecule has 0 aromatic heterocycles. The maximum Gasteiger partial charge on any atom is 0.206 e. The van der Waals surface area contributed by atoms with Crippen LogP contribution < -0.4 is 18.9 Å². The van der Waals surface area contributed by atoms with Gasteiger partial charge in [0, 0.05) is 26.4 Å². The molecule has 6 heteroatoms. The summed E-state index contributed by atoms with van der Waals surface area (Å²) in [6, 6.07) is 23.3. The van der Waals surface area contributed by atoms with Gasteiger partial charge in [-0.25, -0.2) is 0 Å². The maximum atomic E-state index is 6.05. The van der Waals surface area contributed by atoms with Crippen LogP contribution in [0.2, 0.25) is 0 Å². The van der Waals surface area contributed by atoms with Crippen LogP contribution in [-0.2, 0) is 22.7 Å². The molecule has 30 heavy (non-hydrogen) atoms. The number of methoxy groups -OCH3 is 2. The van der Waals surface area contributed by atoms with Crippen LogP contribution >= 0.6 is 0 Å². The summed E-state index contributed by atoms with van der Waals surface area (Å²) < 4.78 is 33.6. The molecule has 0 aliphatic rings. The molecule has 0 N–H and O–H groups in total. The average Bonchev–Trinajstić information content (AvgIpc) is 2.80. The van der Waals surface area contributed by atoms with Crippen molar-refractivity contribution in [2.45, 2.75) is 13.2 Å². The summed E-state index contributed by atoms with van der Waals surface area (Å²) in [5, 5.41) is 0. The topological polar surface area (TPSA) is 55.4 Å². The summed E-state index contributed by atoms with van der Waals surface area (Å²) in [4.78, 5) is 0. The van der Waals surface area contributed by atoms with Gasteiger partial charge < -0.3 is 28.4 Å². The minimum atomic E-state index is 0.0572. The van der Waals surface area contributed by atoms with E-state index in [-0.39, 0.29) is 13.6 Å². The first-order valence-corrected chi connectivity index (χ1v) is 9.55. The Labute approximate surface area is 176 Å². The molecule has 0 spiro atoms. The number of hydrogen-bond acceptors (Lipinski definition) is 6. The number of ether oxygens (including phenoxy) is 6. The van der Waals surface area contributed by atoms with Gasteiger partial charge in [-0.2, -0.15) is 0 Å². The average molecular weight is 410 g/mol. The van der Waals surface area contributed by atoms with Crippen molar-refractivity contribution < 1.29 is 28.4 Å². The fourth-order valence-electron chi connectivity index (χ4n) is 2.71. The van der Waals surface area contributed by atoms with Crippen LogP contribution in [-0.4, -0.2) is 27.8 Å². The van der Waals surface area contributed by atoms with Gasteiger partial charge in [0.15, 0.2) is 25.1 Å². The van der Waals surface area contributed by atoms with E-state index in [1.807, 2.05) is 60.7 Å². The molecule has 0 unspecified atom stereocenters. The fraction of sp³-hybridized carbons (Fsp3) is 0.250. The molecule has 0 aliphatic heterocycles. The normalized spacial score (nSPS) is 10.5. The molecule has 0 amide bonds. The van der Waals surface area contributed by atoms with E-state index in [4.69, 9.17) is 28.4 Å². The third-order valence-corrected chi connectivity index (χ3v) is 4.13. The fourth-order valence-corrected chi connectivity index (χ4v) is 2.71. The predicted molar refractivity (Wildman–Crippen MR) is 113 cm³/mol. The highest BCUT2D eigenvalue weighted by Crippen LogP contribution is 2.42. The molecule has 0 aliphatic carbocycles. The highest BCUT2D eigenvalue weighted by atomic mass is 16.7. The quantitative estimate of drug-likeness (QED) is 0.400. The van der Waals surface area contributed by atoms with Crippen molar-refractivity contribution in [1.82, 2.24) is 0 Å². The van der Waals surface area contributed by atoms with Gasteiger partial charge in [0.05, 0.1) is 0 Å². The van der Waals surface area contributed by atoms with Crippen molar-refractivity contribution in [1.29, 1.82) is 0 Å². The van der Waals surface area contributed by atoms with Gasteiger partial charge in [0.1, 0.15) is 19.0 Å². The van der Waals surface area contributed by atoms with Gasteiger partial charge >= 0.3 is 0 Å².